The van der Waals surface area contributed by atoms with E-state index in [1.165, 1.54) is 36.4 Å². The van der Waals surface area contributed by atoms with Crippen LogP contribution >= 0.6 is 0 Å². The lowest BCUT2D eigenvalue weighted by Gasteiger charge is -2.10. The van der Waals surface area contributed by atoms with E-state index < -0.39 is 16.0 Å². The van der Waals surface area contributed by atoms with Gasteiger partial charge in [-0.25, -0.2) is 13.2 Å². The molecule has 162 valence electrons. The van der Waals surface area contributed by atoms with Gasteiger partial charge in [-0.3, -0.25) is 9.52 Å². The van der Waals surface area contributed by atoms with Crippen molar-refractivity contribution in [1.82, 2.24) is 5.32 Å². The maximum Gasteiger partial charge on any atom is 0.338 e. The van der Waals surface area contributed by atoms with Crippen molar-refractivity contribution < 1.29 is 27.5 Å². The lowest BCUT2D eigenvalue weighted by Crippen LogP contribution is -2.31. The van der Waals surface area contributed by atoms with E-state index in [0.717, 1.165) is 0 Å². The highest BCUT2D eigenvalue weighted by Gasteiger charge is 2.15. The minimum absolute atomic E-state index is 0.0850. The topological polar surface area (TPSA) is 111 Å². The van der Waals surface area contributed by atoms with Crippen molar-refractivity contribution in [3.05, 3.63) is 54.1 Å². The van der Waals surface area contributed by atoms with Crippen molar-refractivity contribution in [2.75, 3.05) is 24.5 Å². The minimum Gasteiger partial charge on any atom is -0.494 e. The summed E-state index contributed by atoms with van der Waals surface area (Å²) in [6.07, 6.45) is 0. The summed E-state index contributed by atoms with van der Waals surface area (Å²) in [5, 5.41) is 2.65. The molecule has 0 heterocycles. The van der Waals surface area contributed by atoms with Crippen LogP contribution in [0, 0.1) is 5.92 Å². The molecule has 0 radical (unpaired) electrons. The number of rotatable bonds is 10. The third kappa shape index (κ3) is 7.07. The molecule has 2 rings (SSSR count). The van der Waals surface area contributed by atoms with Gasteiger partial charge in [-0.1, -0.05) is 13.8 Å². The van der Waals surface area contributed by atoms with Crippen LogP contribution < -0.4 is 14.8 Å². The number of sulfonamides is 1. The maximum absolute atomic E-state index is 12.5. The summed E-state index contributed by atoms with van der Waals surface area (Å²) in [6, 6.07) is 11.8. The van der Waals surface area contributed by atoms with Gasteiger partial charge in [0.2, 0.25) is 0 Å². The van der Waals surface area contributed by atoms with E-state index in [1.54, 1.807) is 12.1 Å². The molecule has 9 heteroatoms. The summed E-state index contributed by atoms with van der Waals surface area (Å²) in [7, 11) is -3.79. The molecule has 0 spiro atoms. The van der Waals surface area contributed by atoms with E-state index in [4.69, 9.17) is 9.47 Å². The number of hydrogen-bond acceptors (Lipinski definition) is 6. The monoisotopic (exact) mass is 434 g/mol. The molecule has 30 heavy (non-hydrogen) atoms. The van der Waals surface area contributed by atoms with E-state index in [1.807, 2.05) is 20.8 Å². The molecule has 0 saturated carbocycles. The summed E-state index contributed by atoms with van der Waals surface area (Å²) >= 11 is 0. The smallest absolute Gasteiger partial charge is 0.338 e. The summed E-state index contributed by atoms with van der Waals surface area (Å²) in [6.45, 7) is 6.36. The van der Waals surface area contributed by atoms with E-state index in [-0.39, 0.29) is 28.7 Å². The van der Waals surface area contributed by atoms with Gasteiger partial charge in [0.1, 0.15) is 5.75 Å². The molecule has 8 nitrogen and oxygen atoms in total. The highest BCUT2D eigenvalue weighted by molar-refractivity contribution is 7.92. The molecule has 0 aliphatic carbocycles. The molecule has 2 N–H and O–H groups in total. The van der Waals surface area contributed by atoms with Gasteiger partial charge in [0.05, 0.1) is 17.1 Å². The van der Waals surface area contributed by atoms with Crippen LogP contribution in [0.25, 0.3) is 0 Å². The van der Waals surface area contributed by atoms with Gasteiger partial charge in [0.15, 0.2) is 6.61 Å². The lowest BCUT2D eigenvalue weighted by molar-refractivity contribution is -0.124. The number of anilines is 1. The van der Waals surface area contributed by atoms with E-state index in [9.17, 15) is 18.0 Å². The van der Waals surface area contributed by atoms with Gasteiger partial charge in [-0.05, 0) is 61.4 Å². The number of benzene rings is 2. The van der Waals surface area contributed by atoms with Crippen LogP contribution in [-0.2, 0) is 19.6 Å². The predicted molar refractivity (Wildman–Crippen MR) is 113 cm³/mol. The third-order valence-corrected chi connectivity index (χ3v) is 5.26. The Balaban J connectivity index is 1.94. The molecule has 0 unspecified atom stereocenters. The van der Waals surface area contributed by atoms with E-state index in [2.05, 4.69) is 10.0 Å². The predicted octanol–water partition coefficient (Wildman–Crippen LogP) is 2.82. The van der Waals surface area contributed by atoms with Crippen molar-refractivity contribution in [3.63, 3.8) is 0 Å². The summed E-state index contributed by atoms with van der Waals surface area (Å²) in [5.41, 5.74) is 0.491. The fraction of sp³-hybridized carbons (Fsp3) is 0.333. The zero-order valence-corrected chi connectivity index (χ0v) is 18.0. The first-order valence-electron chi connectivity index (χ1n) is 9.51. The number of ether oxygens (including phenoxy) is 2. The van der Waals surface area contributed by atoms with Gasteiger partial charge in [0.25, 0.3) is 15.9 Å². The third-order valence-electron chi connectivity index (χ3n) is 3.86. The number of esters is 1. The molecular formula is C21H26N2O6S. The summed E-state index contributed by atoms with van der Waals surface area (Å²) in [5.74, 6) is -0.173. The second-order valence-corrected chi connectivity index (χ2v) is 8.54. The Hall–Kier alpha value is -3.07. The molecule has 0 aliphatic rings. The highest BCUT2D eigenvalue weighted by atomic mass is 32.2. The standard InChI is InChI=1S/C21H26N2O6S/c1-4-28-18-9-11-19(12-10-18)30(26,27)23-17-7-5-16(6-8-17)21(25)29-14-20(24)22-13-15(2)3/h5-12,15,23H,4,13-14H2,1-3H3,(H,22,24). The molecule has 0 saturated heterocycles. The average Bonchev–Trinajstić information content (AvgIpc) is 2.71. The van der Waals surface area contributed by atoms with E-state index >= 15 is 0 Å². The Morgan fingerprint density at radius 3 is 2.20 bits per heavy atom. The molecule has 0 bridgehead atoms. The number of amides is 1. The fourth-order valence-electron chi connectivity index (χ4n) is 2.35. The first-order chi connectivity index (χ1) is 14.2. The molecule has 2 aromatic rings. The molecule has 2 aromatic carbocycles. The highest BCUT2D eigenvalue weighted by Crippen LogP contribution is 2.20. The zero-order chi connectivity index (χ0) is 22.1. The summed E-state index contributed by atoms with van der Waals surface area (Å²) < 4.78 is 37.7. The maximum atomic E-state index is 12.5. The Labute approximate surface area is 176 Å². The number of carbonyl (C=O) groups is 2. The average molecular weight is 435 g/mol. The second kappa shape index (κ2) is 10.6. The van der Waals surface area contributed by atoms with Gasteiger partial charge in [-0.2, -0.15) is 0 Å². The Morgan fingerprint density at radius 2 is 1.63 bits per heavy atom. The normalized spacial score (nSPS) is 11.1. The van der Waals surface area contributed by atoms with Gasteiger partial charge in [-0.15, -0.1) is 0 Å². The number of carbonyl (C=O) groups excluding carboxylic acids is 2. The van der Waals surface area contributed by atoms with Crippen LogP contribution in [0.3, 0.4) is 0 Å². The van der Waals surface area contributed by atoms with Crippen LogP contribution in [-0.4, -0.2) is 40.1 Å². The quantitative estimate of drug-likeness (QED) is 0.557. The largest absolute Gasteiger partial charge is 0.494 e. The minimum atomic E-state index is -3.79. The van der Waals surface area contributed by atoms with Crippen LogP contribution in [0.1, 0.15) is 31.1 Å². The number of nitrogens with one attached hydrogen (secondary N) is 2. The van der Waals surface area contributed by atoms with Crippen LogP contribution in [0.4, 0.5) is 5.69 Å². The fourth-order valence-corrected chi connectivity index (χ4v) is 3.41. The van der Waals surface area contributed by atoms with Gasteiger partial charge >= 0.3 is 5.97 Å². The van der Waals surface area contributed by atoms with Crippen molar-refractivity contribution >= 4 is 27.6 Å². The first kappa shape index (κ1) is 23.2. The van der Waals surface area contributed by atoms with Gasteiger partial charge < -0.3 is 14.8 Å². The zero-order valence-electron chi connectivity index (χ0n) is 17.2. The molecule has 0 aliphatic heterocycles. The van der Waals surface area contributed by atoms with Crippen molar-refractivity contribution in [2.45, 2.75) is 25.7 Å². The van der Waals surface area contributed by atoms with Crippen molar-refractivity contribution in [3.8, 4) is 5.75 Å². The molecule has 0 aromatic heterocycles. The Bertz CT molecular complexity index is 954. The van der Waals surface area contributed by atoms with Crippen LogP contribution in [0.15, 0.2) is 53.4 Å². The Kier molecular flexibility index (Phi) is 8.23. The molecular weight excluding hydrogens is 408 g/mol. The Morgan fingerprint density at radius 1 is 1.00 bits per heavy atom. The second-order valence-electron chi connectivity index (χ2n) is 6.86. The summed E-state index contributed by atoms with van der Waals surface area (Å²) in [4.78, 5) is 23.7. The lowest BCUT2D eigenvalue weighted by atomic mass is 10.2. The van der Waals surface area contributed by atoms with Crippen molar-refractivity contribution in [2.24, 2.45) is 5.92 Å². The molecule has 0 fully saturated rings. The van der Waals surface area contributed by atoms with E-state index in [0.29, 0.717) is 24.8 Å². The van der Waals surface area contributed by atoms with Crippen molar-refractivity contribution in [1.29, 1.82) is 0 Å². The molecule has 1 amide bonds. The molecule has 0 atom stereocenters. The first-order valence-corrected chi connectivity index (χ1v) is 11.0. The SMILES string of the molecule is CCOc1ccc(S(=O)(=O)Nc2ccc(C(=O)OCC(=O)NCC(C)C)cc2)cc1. The van der Waals surface area contributed by atoms with Crippen LogP contribution in [0.2, 0.25) is 0 Å². The van der Waals surface area contributed by atoms with Crippen LogP contribution in [0.5, 0.6) is 5.75 Å². The van der Waals surface area contributed by atoms with Gasteiger partial charge in [0, 0.05) is 12.2 Å². The number of hydrogen-bond donors (Lipinski definition) is 2.